The molecule has 3 heteroatoms. The average Bonchev–Trinajstić information content (AvgIpc) is 2.89. The number of rotatable bonds is 5. The molecule has 2 aromatic heterocycles. The second-order valence-electron chi connectivity index (χ2n) is 9.38. The molecule has 0 fully saturated rings. The van der Waals surface area contributed by atoms with Crippen molar-refractivity contribution in [3.63, 3.8) is 0 Å². The fraction of sp³-hybridized carbons (Fsp3) is 0.188. The maximum Gasteiger partial charge on any atom is 0.0938 e. The highest BCUT2D eigenvalue weighted by atomic mass is 14.8. The molecule has 5 rings (SSSR count). The minimum Gasteiger partial charge on any atom is -0.314 e. The minimum atomic E-state index is -0.844. The third kappa shape index (κ3) is 4.02. The van der Waals surface area contributed by atoms with Gasteiger partial charge >= 0.3 is 0 Å². The first-order valence-corrected chi connectivity index (χ1v) is 12.2. The van der Waals surface area contributed by atoms with Crippen LogP contribution < -0.4 is 5.73 Å². The van der Waals surface area contributed by atoms with Crippen molar-refractivity contribution >= 4 is 10.9 Å². The third-order valence-electron chi connectivity index (χ3n) is 7.01. The van der Waals surface area contributed by atoms with Crippen LogP contribution in [0.15, 0.2) is 91.1 Å². The molecule has 5 aromatic rings. The zero-order chi connectivity index (χ0) is 24.6. The lowest BCUT2D eigenvalue weighted by Crippen LogP contribution is -2.39. The molecule has 1 unspecified atom stereocenters. The first-order chi connectivity index (χ1) is 16.9. The molecule has 35 heavy (non-hydrogen) atoms. The molecule has 0 bridgehead atoms. The van der Waals surface area contributed by atoms with Gasteiger partial charge in [-0.3, -0.25) is 9.97 Å². The van der Waals surface area contributed by atoms with Crippen LogP contribution in [0.2, 0.25) is 0 Å². The highest BCUT2D eigenvalue weighted by Crippen LogP contribution is 2.38. The maximum atomic E-state index is 7.37. The SMILES string of the molecule is CCc1nc2ccc(C(N)(c3ccc(C)nc3)c3cccc(C)c3)cc2c(C)c1-c1ccccc1. The Hall–Kier alpha value is -3.82. The number of hydrogen-bond donors (Lipinski definition) is 1. The summed E-state index contributed by atoms with van der Waals surface area (Å²) < 4.78 is 0. The molecule has 0 spiro atoms. The molecule has 3 aromatic carbocycles. The largest absolute Gasteiger partial charge is 0.314 e. The van der Waals surface area contributed by atoms with E-state index >= 15 is 0 Å². The summed E-state index contributed by atoms with van der Waals surface area (Å²) >= 11 is 0. The van der Waals surface area contributed by atoms with E-state index in [1.54, 1.807) is 0 Å². The van der Waals surface area contributed by atoms with Crippen LogP contribution in [0.25, 0.3) is 22.0 Å². The number of nitrogens with two attached hydrogens (primary N) is 1. The van der Waals surface area contributed by atoms with Crippen LogP contribution in [0, 0.1) is 20.8 Å². The lowest BCUT2D eigenvalue weighted by molar-refractivity contribution is 0.649. The Morgan fingerprint density at radius 1 is 0.771 bits per heavy atom. The lowest BCUT2D eigenvalue weighted by atomic mass is 9.77. The van der Waals surface area contributed by atoms with E-state index in [9.17, 15) is 0 Å². The van der Waals surface area contributed by atoms with Gasteiger partial charge in [-0.15, -0.1) is 0 Å². The Bertz CT molecular complexity index is 1500. The number of hydrogen-bond acceptors (Lipinski definition) is 3. The summed E-state index contributed by atoms with van der Waals surface area (Å²) in [5.74, 6) is 0. The van der Waals surface area contributed by atoms with E-state index < -0.39 is 5.54 Å². The molecule has 0 aliphatic carbocycles. The maximum absolute atomic E-state index is 7.37. The molecule has 0 saturated carbocycles. The average molecular weight is 458 g/mol. The third-order valence-corrected chi connectivity index (χ3v) is 7.01. The Morgan fingerprint density at radius 3 is 2.20 bits per heavy atom. The molecule has 174 valence electrons. The van der Waals surface area contributed by atoms with Gasteiger partial charge in [0.2, 0.25) is 0 Å². The lowest BCUT2D eigenvalue weighted by Gasteiger charge is -2.32. The van der Waals surface area contributed by atoms with Crippen LogP contribution in [-0.4, -0.2) is 9.97 Å². The van der Waals surface area contributed by atoms with Crippen LogP contribution in [0.3, 0.4) is 0 Å². The molecule has 0 aliphatic rings. The molecule has 0 saturated heterocycles. The summed E-state index contributed by atoms with van der Waals surface area (Å²) in [6.07, 6.45) is 2.78. The molecule has 0 aliphatic heterocycles. The molecular formula is C32H31N3. The van der Waals surface area contributed by atoms with Crippen LogP contribution in [0.5, 0.6) is 0 Å². The van der Waals surface area contributed by atoms with E-state index in [-0.39, 0.29) is 0 Å². The number of aromatic nitrogens is 2. The number of pyridine rings is 2. The van der Waals surface area contributed by atoms with E-state index in [2.05, 4.69) is 105 Å². The second-order valence-corrected chi connectivity index (χ2v) is 9.38. The summed E-state index contributed by atoms with van der Waals surface area (Å²) in [5.41, 5.74) is 17.5. The van der Waals surface area contributed by atoms with Crippen molar-refractivity contribution < 1.29 is 0 Å². The highest BCUT2D eigenvalue weighted by molar-refractivity contribution is 5.90. The second kappa shape index (κ2) is 9.09. The van der Waals surface area contributed by atoms with Crippen molar-refractivity contribution in [3.8, 4) is 11.1 Å². The van der Waals surface area contributed by atoms with E-state index in [4.69, 9.17) is 10.7 Å². The fourth-order valence-corrected chi connectivity index (χ4v) is 5.07. The number of benzene rings is 3. The van der Waals surface area contributed by atoms with Crippen LogP contribution in [-0.2, 0) is 12.0 Å². The normalized spacial score (nSPS) is 13.1. The standard InChI is InChI=1S/C32H31N3/c1-5-29-31(24-11-7-6-8-12-24)23(4)28-19-26(16-17-30(28)35-29)32(33,25-13-9-10-21(2)18-25)27-15-14-22(3)34-20-27/h6-20H,5,33H2,1-4H3. The van der Waals surface area contributed by atoms with E-state index in [1.165, 1.54) is 22.3 Å². The Kier molecular flexibility index (Phi) is 5.96. The van der Waals surface area contributed by atoms with E-state index in [1.807, 2.05) is 19.2 Å². The summed E-state index contributed by atoms with van der Waals surface area (Å²) in [7, 11) is 0. The molecule has 2 N–H and O–H groups in total. The highest BCUT2D eigenvalue weighted by Gasteiger charge is 2.33. The topological polar surface area (TPSA) is 51.8 Å². The summed E-state index contributed by atoms with van der Waals surface area (Å²) in [6.45, 7) is 8.47. The van der Waals surface area contributed by atoms with Gasteiger partial charge in [-0.05, 0) is 73.2 Å². The molecule has 0 radical (unpaired) electrons. The van der Waals surface area contributed by atoms with Gasteiger partial charge in [0.25, 0.3) is 0 Å². The first-order valence-electron chi connectivity index (χ1n) is 12.2. The molecular weight excluding hydrogens is 426 g/mol. The predicted octanol–water partition coefficient (Wildman–Crippen LogP) is 7.04. The number of fused-ring (bicyclic) bond motifs is 1. The molecule has 1 atom stereocenters. The zero-order valence-corrected chi connectivity index (χ0v) is 20.8. The van der Waals surface area contributed by atoms with Crippen LogP contribution in [0.4, 0.5) is 0 Å². The van der Waals surface area contributed by atoms with Gasteiger partial charge in [-0.2, -0.15) is 0 Å². The fourth-order valence-electron chi connectivity index (χ4n) is 5.07. The van der Waals surface area contributed by atoms with Gasteiger partial charge in [0.05, 0.1) is 11.1 Å². The van der Waals surface area contributed by atoms with Crippen molar-refractivity contribution in [2.75, 3.05) is 0 Å². The first kappa shape index (κ1) is 22.9. The Morgan fingerprint density at radius 2 is 1.51 bits per heavy atom. The van der Waals surface area contributed by atoms with Gasteiger partial charge in [0.15, 0.2) is 0 Å². The van der Waals surface area contributed by atoms with Crippen molar-refractivity contribution in [1.29, 1.82) is 0 Å². The van der Waals surface area contributed by atoms with Gasteiger partial charge in [-0.1, -0.05) is 79.2 Å². The number of nitrogens with zero attached hydrogens (tertiary/aromatic N) is 2. The molecule has 0 amide bonds. The predicted molar refractivity (Wildman–Crippen MR) is 146 cm³/mol. The molecule has 3 nitrogen and oxygen atoms in total. The van der Waals surface area contributed by atoms with Gasteiger partial charge in [0, 0.05) is 28.5 Å². The van der Waals surface area contributed by atoms with Gasteiger partial charge in [-0.25, -0.2) is 0 Å². The van der Waals surface area contributed by atoms with Crippen molar-refractivity contribution in [2.24, 2.45) is 5.73 Å². The van der Waals surface area contributed by atoms with E-state index in [0.29, 0.717) is 0 Å². The quantitative estimate of drug-likeness (QED) is 0.308. The summed E-state index contributed by atoms with van der Waals surface area (Å²) in [6, 6.07) is 29.6. The minimum absolute atomic E-state index is 0.844. The van der Waals surface area contributed by atoms with Crippen molar-refractivity contribution in [2.45, 2.75) is 39.7 Å². The van der Waals surface area contributed by atoms with Crippen LogP contribution >= 0.6 is 0 Å². The Labute approximate surface area is 207 Å². The van der Waals surface area contributed by atoms with Gasteiger partial charge in [0.1, 0.15) is 0 Å². The number of aryl methyl sites for hydroxylation is 4. The molecule has 2 heterocycles. The Balaban J connectivity index is 1.79. The summed E-state index contributed by atoms with van der Waals surface area (Å²) in [4.78, 5) is 9.65. The van der Waals surface area contributed by atoms with Crippen molar-refractivity contribution in [3.05, 3.63) is 130 Å². The van der Waals surface area contributed by atoms with Gasteiger partial charge < -0.3 is 5.73 Å². The zero-order valence-electron chi connectivity index (χ0n) is 20.8. The smallest absolute Gasteiger partial charge is 0.0938 e. The van der Waals surface area contributed by atoms with E-state index in [0.717, 1.165) is 45.4 Å². The van der Waals surface area contributed by atoms with Crippen molar-refractivity contribution in [1.82, 2.24) is 9.97 Å². The monoisotopic (exact) mass is 457 g/mol. The summed E-state index contributed by atoms with van der Waals surface area (Å²) in [5, 5.41) is 1.13. The van der Waals surface area contributed by atoms with Crippen LogP contribution in [0.1, 0.15) is 46.1 Å².